The Morgan fingerprint density at radius 1 is 1.55 bits per heavy atom. The second-order valence-electron chi connectivity index (χ2n) is 4.31. The van der Waals surface area contributed by atoms with Crippen LogP contribution >= 0.6 is 11.6 Å². The van der Waals surface area contributed by atoms with Crippen LogP contribution in [0.15, 0.2) is 35.6 Å². The molecule has 1 amide bonds. The quantitative estimate of drug-likeness (QED) is 0.845. The molecule has 5 nitrogen and oxygen atoms in total. The third kappa shape index (κ3) is 2.28. The molecule has 2 aromatic rings. The maximum atomic E-state index is 12.4. The first-order chi connectivity index (χ1) is 9.47. The van der Waals surface area contributed by atoms with Gasteiger partial charge < -0.3 is 15.6 Å². The molecule has 0 unspecified atom stereocenters. The second kappa shape index (κ2) is 5.38. The van der Waals surface area contributed by atoms with Crippen molar-refractivity contribution in [3.05, 3.63) is 51.7 Å². The second-order valence-corrected chi connectivity index (χ2v) is 4.74. The molecule has 0 saturated carbocycles. The van der Waals surface area contributed by atoms with Crippen molar-refractivity contribution in [2.24, 2.45) is 7.05 Å². The largest absolute Gasteiger partial charge is 0.384 e. The Kier molecular flexibility index (Phi) is 3.81. The van der Waals surface area contributed by atoms with Crippen molar-refractivity contribution in [3.63, 3.8) is 0 Å². The van der Waals surface area contributed by atoms with Crippen LogP contribution in [0.2, 0.25) is 5.02 Å². The highest BCUT2D eigenvalue weighted by Gasteiger charge is 2.19. The van der Waals surface area contributed by atoms with Gasteiger partial charge >= 0.3 is 0 Å². The maximum Gasteiger partial charge on any atom is 0.259 e. The van der Waals surface area contributed by atoms with Gasteiger partial charge in [0.25, 0.3) is 5.91 Å². The molecule has 0 aliphatic rings. The molecule has 2 rings (SSSR count). The lowest BCUT2D eigenvalue weighted by Gasteiger charge is -2.13. The topological polar surface area (TPSA) is 77.1 Å². The third-order valence-corrected chi connectivity index (χ3v) is 3.28. The predicted octanol–water partition coefficient (Wildman–Crippen LogP) is 1.69. The number of aryl methyl sites for hydroxylation is 1. The van der Waals surface area contributed by atoms with Gasteiger partial charge in [-0.2, -0.15) is 0 Å². The maximum absolute atomic E-state index is 12.4. The van der Waals surface area contributed by atoms with Crippen molar-refractivity contribution in [2.75, 3.05) is 12.3 Å². The SMILES string of the molecule is C=CCNC(=O)c1c(N)n(C)c2cc(Cl)ccc2c1=O. The number of benzene rings is 1. The molecule has 0 fully saturated rings. The van der Waals surface area contributed by atoms with Crippen LogP contribution in [0.5, 0.6) is 0 Å². The molecule has 1 aromatic carbocycles. The molecule has 0 aliphatic heterocycles. The van der Waals surface area contributed by atoms with Crippen molar-refractivity contribution in [3.8, 4) is 0 Å². The number of aromatic nitrogens is 1. The minimum atomic E-state index is -0.514. The molecule has 6 heteroatoms. The lowest BCUT2D eigenvalue weighted by atomic mass is 10.1. The van der Waals surface area contributed by atoms with E-state index >= 15 is 0 Å². The van der Waals surface area contributed by atoms with Gasteiger partial charge in [-0.1, -0.05) is 17.7 Å². The number of fused-ring (bicyclic) bond motifs is 1. The average molecular weight is 292 g/mol. The van der Waals surface area contributed by atoms with E-state index in [-0.39, 0.29) is 17.9 Å². The highest BCUT2D eigenvalue weighted by molar-refractivity contribution is 6.31. The fourth-order valence-corrected chi connectivity index (χ4v) is 2.16. The van der Waals surface area contributed by atoms with Gasteiger partial charge in [0.15, 0.2) is 0 Å². The van der Waals surface area contributed by atoms with Gasteiger partial charge in [-0.3, -0.25) is 9.59 Å². The number of carbonyl (C=O) groups is 1. The first-order valence-electron chi connectivity index (χ1n) is 5.94. The molecule has 0 spiro atoms. The molecular formula is C14H14ClN3O2. The Balaban J connectivity index is 2.74. The summed E-state index contributed by atoms with van der Waals surface area (Å²) in [6.45, 7) is 3.77. The highest BCUT2D eigenvalue weighted by atomic mass is 35.5. The summed E-state index contributed by atoms with van der Waals surface area (Å²) in [5.74, 6) is -0.411. The van der Waals surface area contributed by atoms with Gasteiger partial charge in [0, 0.05) is 24.0 Å². The van der Waals surface area contributed by atoms with E-state index in [1.54, 1.807) is 29.8 Å². The molecule has 0 radical (unpaired) electrons. The summed E-state index contributed by atoms with van der Waals surface area (Å²) in [6, 6.07) is 4.83. The summed E-state index contributed by atoms with van der Waals surface area (Å²) in [5, 5.41) is 3.45. The Hall–Kier alpha value is -2.27. The lowest BCUT2D eigenvalue weighted by Crippen LogP contribution is -2.31. The van der Waals surface area contributed by atoms with Crippen molar-refractivity contribution >= 4 is 34.2 Å². The molecule has 20 heavy (non-hydrogen) atoms. The summed E-state index contributed by atoms with van der Waals surface area (Å²) in [6.07, 6.45) is 1.53. The molecule has 0 atom stereocenters. The van der Waals surface area contributed by atoms with E-state index in [0.29, 0.717) is 15.9 Å². The number of halogens is 1. The van der Waals surface area contributed by atoms with E-state index in [4.69, 9.17) is 17.3 Å². The summed E-state index contributed by atoms with van der Waals surface area (Å²) >= 11 is 5.92. The Bertz CT molecular complexity index is 765. The van der Waals surface area contributed by atoms with Crippen LogP contribution in [0.3, 0.4) is 0 Å². The van der Waals surface area contributed by atoms with Gasteiger partial charge in [0.2, 0.25) is 5.43 Å². The molecule has 1 heterocycles. The molecule has 0 bridgehead atoms. The fraction of sp³-hybridized carbons (Fsp3) is 0.143. The Morgan fingerprint density at radius 2 is 2.25 bits per heavy atom. The summed E-state index contributed by atoms with van der Waals surface area (Å²) in [7, 11) is 1.68. The number of hydrogen-bond donors (Lipinski definition) is 2. The first kappa shape index (κ1) is 14.1. The van der Waals surface area contributed by atoms with Crippen molar-refractivity contribution in [1.82, 2.24) is 9.88 Å². The van der Waals surface area contributed by atoms with E-state index in [0.717, 1.165) is 0 Å². The predicted molar refractivity (Wildman–Crippen MR) is 81.1 cm³/mol. The molecule has 0 aliphatic carbocycles. The fourth-order valence-electron chi connectivity index (χ4n) is 2.00. The number of carbonyl (C=O) groups excluding carboxylic acids is 1. The number of pyridine rings is 1. The van der Waals surface area contributed by atoms with Gasteiger partial charge in [-0.05, 0) is 18.2 Å². The smallest absolute Gasteiger partial charge is 0.259 e. The Labute approximate surface area is 120 Å². The van der Waals surface area contributed by atoms with Crippen molar-refractivity contribution in [2.45, 2.75) is 0 Å². The number of nitrogens with two attached hydrogens (primary N) is 1. The number of nitrogens with zero attached hydrogens (tertiary/aromatic N) is 1. The number of anilines is 1. The van der Waals surface area contributed by atoms with Crippen LogP contribution in [0, 0.1) is 0 Å². The van der Waals surface area contributed by atoms with E-state index < -0.39 is 11.3 Å². The van der Waals surface area contributed by atoms with Crippen LogP contribution in [-0.4, -0.2) is 17.0 Å². The van der Waals surface area contributed by atoms with Gasteiger partial charge in [-0.15, -0.1) is 6.58 Å². The van der Waals surface area contributed by atoms with Crippen LogP contribution in [0.25, 0.3) is 10.9 Å². The number of amides is 1. The normalized spacial score (nSPS) is 10.5. The molecule has 104 valence electrons. The standard InChI is InChI=1S/C14H14ClN3O2/c1-3-6-17-14(20)11-12(19)9-5-4-8(15)7-10(9)18(2)13(11)16/h3-5,7H,1,6,16H2,2H3,(H,17,20). The average Bonchev–Trinajstić information content (AvgIpc) is 2.42. The zero-order valence-corrected chi connectivity index (χ0v) is 11.7. The number of rotatable bonds is 3. The number of nitrogen functional groups attached to an aromatic ring is 1. The molecule has 1 aromatic heterocycles. The van der Waals surface area contributed by atoms with Crippen molar-refractivity contribution in [1.29, 1.82) is 0 Å². The van der Waals surface area contributed by atoms with Crippen molar-refractivity contribution < 1.29 is 4.79 Å². The van der Waals surface area contributed by atoms with E-state index in [2.05, 4.69) is 11.9 Å². The van der Waals surface area contributed by atoms with E-state index in [1.807, 2.05) is 0 Å². The monoisotopic (exact) mass is 291 g/mol. The molecule has 0 saturated heterocycles. The van der Waals surface area contributed by atoms with Crippen LogP contribution in [-0.2, 0) is 7.05 Å². The summed E-state index contributed by atoms with van der Waals surface area (Å²) in [5.41, 5.74) is 6.01. The van der Waals surface area contributed by atoms with Crippen LogP contribution in [0.4, 0.5) is 5.82 Å². The summed E-state index contributed by atoms with van der Waals surface area (Å²) in [4.78, 5) is 24.4. The Morgan fingerprint density at radius 3 is 2.90 bits per heavy atom. The molecular weight excluding hydrogens is 278 g/mol. The number of nitrogens with one attached hydrogen (secondary N) is 1. The van der Waals surface area contributed by atoms with Gasteiger partial charge in [0.05, 0.1) is 5.52 Å². The van der Waals surface area contributed by atoms with E-state index in [9.17, 15) is 9.59 Å². The zero-order chi connectivity index (χ0) is 14.9. The summed E-state index contributed by atoms with van der Waals surface area (Å²) < 4.78 is 1.57. The van der Waals surface area contributed by atoms with E-state index in [1.165, 1.54) is 6.08 Å². The first-order valence-corrected chi connectivity index (χ1v) is 6.32. The minimum absolute atomic E-state index is 0.0656. The third-order valence-electron chi connectivity index (χ3n) is 3.04. The van der Waals surface area contributed by atoms with Crippen LogP contribution in [0.1, 0.15) is 10.4 Å². The zero-order valence-electron chi connectivity index (χ0n) is 10.9. The van der Waals surface area contributed by atoms with Gasteiger partial charge in [-0.25, -0.2) is 0 Å². The lowest BCUT2D eigenvalue weighted by molar-refractivity contribution is 0.0957. The van der Waals surface area contributed by atoms with Gasteiger partial charge in [0.1, 0.15) is 11.4 Å². The molecule has 3 N–H and O–H groups in total. The minimum Gasteiger partial charge on any atom is -0.384 e. The highest BCUT2D eigenvalue weighted by Crippen LogP contribution is 2.20. The van der Waals surface area contributed by atoms with Crippen LogP contribution < -0.4 is 16.5 Å². The number of hydrogen-bond acceptors (Lipinski definition) is 3.